The molecule has 1 aliphatic rings. The van der Waals surface area contributed by atoms with Gasteiger partial charge in [0.05, 0.1) is 12.5 Å². The van der Waals surface area contributed by atoms with Crippen LogP contribution in [-0.4, -0.2) is 23.5 Å². The summed E-state index contributed by atoms with van der Waals surface area (Å²) < 4.78 is 0. The van der Waals surface area contributed by atoms with E-state index in [1.165, 1.54) is 4.90 Å². The topological polar surface area (TPSA) is 110 Å². The number of hydrogen-bond acceptors (Lipinski definition) is 4. The molecular formula is C12H15N3O3. The zero-order chi connectivity index (χ0) is 13.3. The van der Waals surface area contributed by atoms with E-state index < -0.39 is 11.8 Å². The molecule has 1 aromatic rings. The number of primary amides is 1. The number of nitrogens with zero attached hydrogens (tertiary/aromatic N) is 1. The number of benzene rings is 1. The third-order valence-corrected chi connectivity index (χ3v) is 3.02. The largest absolute Gasteiger partial charge is 0.399 e. The van der Waals surface area contributed by atoms with E-state index in [9.17, 15) is 9.59 Å². The Morgan fingerprint density at radius 1 is 1.44 bits per heavy atom. The lowest BCUT2D eigenvalue weighted by atomic mass is 10.1. The second kappa shape index (κ2) is 4.66. The first-order chi connectivity index (χ1) is 8.51. The molecule has 0 bridgehead atoms. The van der Waals surface area contributed by atoms with E-state index in [2.05, 4.69) is 0 Å². The van der Waals surface area contributed by atoms with Crippen molar-refractivity contribution in [1.29, 1.82) is 0 Å². The van der Waals surface area contributed by atoms with E-state index in [4.69, 9.17) is 16.6 Å². The number of aliphatic hydroxyl groups excluding tert-OH is 1. The van der Waals surface area contributed by atoms with E-state index in [1.54, 1.807) is 18.2 Å². The summed E-state index contributed by atoms with van der Waals surface area (Å²) in [6.07, 6.45) is 0.124. The Hall–Kier alpha value is -2.08. The average molecular weight is 249 g/mol. The van der Waals surface area contributed by atoms with Gasteiger partial charge in [-0.3, -0.25) is 9.59 Å². The van der Waals surface area contributed by atoms with Gasteiger partial charge >= 0.3 is 0 Å². The maximum atomic E-state index is 11.8. The van der Waals surface area contributed by atoms with Crippen LogP contribution in [0.2, 0.25) is 0 Å². The number of nitrogens with two attached hydrogens (primary N) is 2. The van der Waals surface area contributed by atoms with Crippen LogP contribution < -0.4 is 16.4 Å². The highest BCUT2D eigenvalue weighted by Crippen LogP contribution is 2.27. The fourth-order valence-corrected chi connectivity index (χ4v) is 2.09. The lowest BCUT2D eigenvalue weighted by Gasteiger charge is -2.17. The Morgan fingerprint density at radius 3 is 2.72 bits per heavy atom. The van der Waals surface area contributed by atoms with E-state index >= 15 is 0 Å². The molecule has 0 aliphatic carbocycles. The predicted molar refractivity (Wildman–Crippen MR) is 66.4 cm³/mol. The summed E-state index contributed by atoms with van der Waals surface area (Å²) in [4.78, 5) is 24.4. The first-order valence-corrected chi connectivity index (χ1v) is 5.61. The van der Waals surface area contributed by atoms with Crippen LogP contribution in [0.5, 0.6) is 0 Å². The lowest BCUT2D eigenvalue weighted by Crippen LogP contribution is -2.28. The molecule has 1 aliphatic heterocycles. The van der Waals surface area contributed by atoms with Crippen molar-refractivity contribution in [2.75, 3.05) is 17.2 Å². The van der Waals surface area contributed by atoms with Gasteiger partial charge in [-0.1, -0.05) is 0 Å². The monoisotopic (exact) mass is 249 g/mol. The minimum absolute atomic E-state index is 0.124. The van der Waals surface area contributed by atoms with Crippen molar-refractivity contribution >= 4 is 23.2 Å². The fraction of sp³-hybridized carbons (Fsp3) is 0.333. The van der Waals surface area contributed by atoms with Gasteiger partial charge < -0.3 is 21.5 Å². The van der Waals surface area contributed by atoms with Gasteiger partial charge in [0.15, 0.2) is 0 Å². The third kappa shape index (κ3) is 2.28. The standard InChI is InChI=1S/C12H15N3O3/c13-9-1-7(6-16)2-10(4-9)15-5-8(12(14)18)3-11(15)17/h1-2,4,8,16H,3,5-6,13H2,(H2,14,18). The van der Waals surface area contributed by atoms with Crippen molar-refractivity contribution in [2.24, 2.45) is 11.7 Å². The second-order valence-corrected chi connectivity index (χ2v) is 4.40. The quantitative estimate of drug-likeness (QED) is 0.633. The molecule has 0 aromatic heterocycles. The molecule has 1 atom stereocenters. The van der Waals surface area contributed by atoms with Crippen LogP contribution in [0.3, 0.4) is 0 Å². The first kappa shape index (κ1) is 12.4. The molecule has 1 unspecified atom stereocenters. The maximum Gasteiger partial charge on any atom is 0.227 e. The molecule has 18 heavy (non-hydrogen) atoms. The van der Waals surface area contributed by atoms with Crippen molar-refractivity contribution < 1.29 is 14.7 Å². The summed E-state index contributed by atoms with van der Waals surface area (Å²) in [5.74, 6) is -1.10. The predicted octanol–water partition coefficient (Wildman–Crippen LogP) is -0.401. The van der Waals surface area contributed by atoms with Gasteiger partial charge in [0.1, 0.15) is 0 Å². The maximum absolute atomic E-state index is 11.8. The smallest absolute Gasteiger partial charge is 0.227 e. The summed E-state index contributed by atoms with van der Waals surface area (Å²) in [6, 6.07) is 4.95. The molecule has 96 valence electrons. The minimum Gasteiger partial charge on any atom is -0.399 e. The summed E-state index contributed by atoms with van der Waals surface area (Å²) in [5, 5.41) is 9.10. The second-order valence-electron chi connectivity index (χ2n) is 4.40. The van der Waals surface area contributed by atoms with Gasteiger partial charge in [-0.05, 0) is 23.8 Å². The molecule has 6 heteroatoms. The van der Waals surface area contributed by atoms with Crippen molar-refractivity contribution in [2.45, 2.75) is 13.0 Å². The highest BCUT2D eigenvalue weighted by molar-refractivity contribution is 6.00. The molecule has 1 aromatic carbocycles. The van der Waals surface area contributed by atoms with Crippen LogP contribution in [0.15, 0.2) is 18.2 Å². The SMILES string of the molecule is NC(=O)C1CC(=O)N(c2cc(N)cc(CO)c2)C1. The summed E-state index contributed by atoms with van der Waals surface area (Å²) in [6.45, 7) is 0.113. The van der Waals surface area contributed by atoms with Crippen LogP contribution in [0.4, 0.5) is 11.4 Å². The number of anilines is 2. The Labute approximate surface area is 104 Å². The van der Waals surface area contributed by atoms with Crippen LogP contribution in [-0.2, 0) is 16.2 Å². The van der Waals surface area contributed by atoms with Gasteiger partial charge in [-0.25, -0.2) is 0 Å². The molecular weight excluding hydrogens is 234 g/mol. The average Bonchev–Trinajstić information content (AvgIpc) is 2.70. The highest BCUT2D eigenvalue weighted by atomic mass is 16.3. The van der Waals surface area contributed by atoms with E-state index in [0.29, 0.717) is 16.9 Å². The van der Waals surface area contributed by atoms with Crippen molar-refractivity contribution in [3.05, 3.63) is 23.8 Å². The zero-order valence-corrected chi connectivity index (χ0v) is 9.80. The fourth-order valence-electron chi connectivity index (χ4n) is 2.09. The number of aliphatic hydroxyl groups is 1. The number of rotatable bonds is 3. The van der Waals surface area contributed by atoms with E-state index in [-0.39, 0.29) is 25.5 Å². The normalized spacial score (nSPS) is 19.3. The third-order valence-electron chi connectivity index (χ3n) is 3.02. The van der Waals surface area contributed by atoms with Gasteiger partial charge in [0.2, 0.25) is 11.8 Å². The summed E-state index contributed by atoms with van der Waals surface area (Å²) in [7, 11) is 0. The number of hydrogen-bond donors (Lipinski definition) is 3. The first-order valence-electron chi connectivity index (χ1n) is 5.61. The lowest BCUT2D eigenvalue weighted by molar-refractivity contribution is -0.123. The van der Waals surface area contributed by atoms with Gasteiger partial charge in [-0.15, -0.1) is 0 Å². The Balaban J connectivity index is 2.29. The van der Waals surface area contributed by atoms with E-state index in [1.807, 2.05) is 0 Å². The molecule has 1 heterocycles. The summed E-state index contributed by atoms with van der Waals surface area (Å²) in [5.41, 5.74) is 12.6. The molecule has 6 nitrogen and oxygen atoms in total. The molecule has 0 saturated carbocycles. The molecule has 1 saturated heterocycles. The molecule has 1 fully saturated rings. The van der Waals surface area contributed by atoms with Gasteiger partial charge in [0.25, 0.3) is 0 Å². The van der Waals surface area contributed by atoms with Crippen molar-refractivity contribution in [3.63, 3.8) is 0 Å². The highest BCUT2D eigenvalue weighted by Gasteiger charge is 2.34. The number of carbonyl (C=O) groups is 2. The van der Waals surface area contributed by atoms with Crippen LogP contribution in [0.1, 0.15) is 12.0 Å². The van der Waals surface area contributed by atoms with Crippen LogP contribution in [0, 0.1) is 5.92 Å². The number of carbonyl (C=O) groups excluding carboxylic acids is 2. The Morgan fingerprint density at radius 2 is 2.17 bits per heavy atom. The van der Waals surface area contributed by atoms with Crippen LogP contribution >= 0.6 is 0 Å². The van der Waals surface area contributed by atoms with Gasteiger partial charge in [-0.2, -0.15) is 0 Å². The zero-order valence-electron chi connectivity index (χ0n) is 9.80. The Bertz CT molecular complexity index is 501. The van der Waals surface area contributed by atoms with Crippen molar-refractivity contribution in [1.82, 2.24) is 0 Å². The summed E-state index contributed by atoms with van der Waals surface area (Å²) >= 11 is 0. The molecule has 2 amide bonds. The van der Waals surface area contributed by atoms with Crippen LogP contribution in [0.25, 0.3) is 0 Å². The molecule has 5 N–H and O–H groups in total. The molecule has 2 rings (SSSR count). The van der Waals surface area contributed by atoms with Crippen molar-refractivity contribution in [3.8, 4) is 0 Å². The molecule has 0 radical (unpaired) electrons. The Kier molecular flexibility index (Phi) is 3.20. The van der Waals surface area contributed by atoms with E-state index in [0.717, 1.165) is 0 Å². The van der Waals surface area contributed by atoms with Gasteiger partial charge in [0, 0.05) is 24.3 Å². The number of nitrogen functional groups attached to an aromatic ring is 1. The number of amides is 2. The molecule has 0 spiro atoms. The minimum atomic E-state index is -0.475.